The smallest absolute Gasteiger partial charge is 0.222 e. The molecule has 1 atom stereocenters. The molecule has 0 saturated heterocycles. The number of hydrogen-bond acceptors (Lipinski definition) is 5. The highest BCUT2D eigenvalue weighted by Gasteiger charge is 2.22. The number of nitrogens with zero attached hydrogens (tertiary/aromatic N) is 2. The minimum Gasteiger partial charge on any atom is -0.385 e. The fraction of sp³-hybridized carbons (Fsp3) is 0.333. The minimum atomic E-state index is 0.253. The monoisotopic (exact) mass is 337 g/mol. The predicted octanol–water partition coefficient (Wildman–Crippen LogP) is 3.16. The number of hydrogen-bond donors (Lipinski definition) is 3. The van der Waals surface area contributed by atoms with Gasteiger partial charge in [-0.25, -0.2) is 4.98 Å². The molecule has 1 aliphatic carbocycles. The molecule has 1 aliphatic rings. The maximum atomic E-state index is 6.02. The summed E-state index contributed by atoms with van der Waals surface area (Å²) in [5.74, 6) is 1.22. The molecule has 0 spiro atoms. The third kappa shape index (κ3) is 3.20. The SMILES string of the molecule is Nc1nc(N)c2c(n1)CCC(CNc1ccc(Cl)c(Cl)c1)C2. The maximum Gasteiger partial charge on any atom is 0.222 e. The van der Waals surface area contributed by atoms with Crippen LogP contribution in [0.15, 0.2) is 18.2 Å². The first kappa shape index (κ1) is 15.2. The molecule has 0 aliphatic heterocycles. The van der Waals surface area contributed by atoms with Gasteiger partial charge in [0.15, 0.2) is 0 Å². The summed E-state index contributed by atoms with van der Waals surface area (Å²) in [6.45, 7) is 0.835. The molecule has 5 N–H and O–H groups in total. The highest BCUT2D eigenvalue weighted by atomic mass is 35.5. The van der Waals surface area contributed by atoms with E-state index in [2.05, 4.69) is 15.3 Å². The molecule has 1 heterocycles. The van der Waals surface area contributed by atoms with E-state index in [1.807, 2.05) is 12.1 Å². The Morgan fingerprint density at radius 3 is 2.77 bits per heavy atom. The van der Waals surface area contributed by atoms with Crippen LogP contribution in [0.2, 0.25) is 10.0 Å². The van der Waals surface area contributed by atoms with E-state index in [1.165, 1.54) is 0 Å². The van der Waals surface area contributed by atoms with Gasteiger partial charge in [0, 0.05) is 17.8 Å². The second-order valence-electron chi connectivity index (χ2n) is 5.51. The van der Waals surface area contributed by atoms with Crippen LogP contribution in [-0.4, -0.2) is 16.5 Å². The molecular formula is C15H17Cl2N5. The van der Waals surface area contributed by atoms with Gasteiger partial charge in [-0.15, -0.1) is 0 Å². The summed E-state index contributed by atoms with van der Waals surface area (Å²) in [5.41, 5.74) is 14.6. The molecule has 1 aromatic heterocycles. The van der Waals surface area contributed by atoms with Crippen molar-refractivity contribution in [1.82, 2.24) is 9.97 Å². The molecule has 22 heavy (non-hydrogen) atoms. The van der Waals surface area contributed by atoms with E-state index >= 15 is 0 Å². The number of rotatable bonds is 3. The molecule has 7 heteroatoms. The van der Waals surface area contributed by atoms with Gasteiger partial charge in [-0.2, -0.15) is 4.98 Å². The Hall–Kier alpha value is -1.72. The lowest BCUT2D eigenvalue weighted by Crippen LogP contribution is -2.24. The maximum absolute atomic E-state index is 6.02. The molecule has 1 aromatic carbocycles. The Labute approximate surface area is 139 Å². The first-order valence-corrected chi connectivity index (χ1v) is 7.88. The zero-order valence-electron chi connectivity index (χ0n) is 11.9. The van der Waals surface area contributed by atoms with Gasteiger partial charge in [-0.1, -0.05) is 23.2 Å². The quantitative estimate of drug-likeness (QED) is 0.800. The van der Waals surface area contributed by atoms with Gasteiger partial charge in [-0.3, -0.25) is 0 Å². The highest BCUT2D eigenvalue weighted by Crippen LogP contribution is 2.29. The average Bonchev–Trinajstić information content (AvgIpc) is 2.48. The van der Waals surface area contributed by atoms with Gasteiger partial charge < -0.3 is 16.8 Å². The molecule has 0 amide bonds. The van der Waals surface area contributed by atoms with Crippen molar-refractivity contribution >= 4 is 40.7 Å². The van der Waals surface area contributed by atoms with Gasteiger partial charge in [0.1, 0.15) is 5.82 Å². The molecule has 116 valence electrons. The van der Waals surface area contributed by atoms with Gasteiger partial charge in [0.05, 0.1) is 15.7 Å². The van der Waals surface area contributed by atoms with E-state index in [0.717, 1.165) is 42.8 Å². The van der Waals surface area contributed by atoms with Crippen LogP contribution in [0.1, 0.15) is 17.7 Å². The standard InChI is InChI=1S/C15H17Cl2N5/c16-11-3-2-9(6-12(11)17)20-7-8-1-4-13-10(5-8)14(18)22-15(19)21-13/h2-3,6,8,20H,1,4-5,7H2,(H4,18,19,21,22). The first-order valence-electron chi connectivity index (χ1n) is 7.12. The number of halogens is 2. The van der Waals surface area contributed by atoms with Crippen molar-refractivity contribution in [2.45, 2.75) is 19.3 Å². The Morgan fingerprint density at radius 1 is 1.18 bits per heavy atom. The van der Waals surface area contributed by atoms with E-state index in [1.54, 1.807) is 6.07 Å². The van der Waals surface area contributed by atoms with E-state index in [4.69, 9.17) is 34.7 Å². The minimum absolute atomic E-state index is 0.253. The molecule has 0 saturated carbocycles. The first-order chi connectivity index (χ1) is 10.5. The van der Waals surface area contributed by atoms with Crippen molar-refractivity contribution in [1.29, 1.82) is 0 Å². The summed E-state index contributed by atoms with van der Waals surface area (Å²) in [6, 6.07) is 5.54. The second-order valence-corrected chi connectivity index (χ2v) is 6.33. The van der Waals surface area contributed by atoms with Crippen LogP contribution in [0, 0.1) is 5.92 Å². The molecule has 0 radical (unpaired) electrons. The highest BCUT2D eigenvalue weighted by molar-refractivity contribution is 6.42. The molecule has 0 fully saturated rings. The van der Waals surface area contributed by atoms with E-state index in [0.29, 0.717) is 21.8 Å². The number of aromatic nitrogens is 2. The fourth-order valence-electron chi connectivity index (χ4n) is 2.77. The molecule has 5 nitrogen and oxygen atoms in total. The molecular weight excluding hydrogens is 321 g/mol. The van der Waals surface area contributed by atoms with E-state index in [9.17, 15) is 0 Å². The molecule has 0 bridgehead atoms. The zero-order valence-corrected chi connectivity index (χ0v) is 13.5. The lowest BCUT2D eigenvalue weighted by Gasteiger charge is -2.25. The molecule has 2 aromatic rings. The lowest BCUT2D eigenvalue weighted by atomic mass is 9.86. The van der Waals surface area contributed by atoms with E-state index < -0.39 is 0 Å². The Kier molecular flexibility index (Phi) is 4.27. The summed E-state index contributed by atoms with van der Waals surface area (Å²) < 4.78 is 0. The normalized spacial score (nSPS) is 17.1. The Balaban J connectivity index is 1.66. The zero-order chi connectivity index (χ0) is 15.7. The third-order valence-electron chi connectivity index (χ3n) is 3.94. The van der Waals surface area contributed by atoms with Crippen molar-refractivity contribution in [2.75, 3.05) is 23.3 Å². The average molecular weight is 338 g/mol. The summed E-state index contributed by atoms with van der Waals surface area (Å²) in [5, 5.41) is 4.50. The van der Waals surface area contributed by atoms with Crippen LogP contribution in [-0.2, 0) is 12.8 Å². The number of benzene rings is 1. The number of nitrogens with one attached hydrogen (secondary N) is 1. The molecule has 1 unspecified atom stereocenters. The lowest BCUT2D eigenvalue weighted by molar-refractivity contribution is 0.474. The number of aryl methyl sites for hydroxylation is 1. The third-order valence-corrected chi connectivity index (χ3v) is 4.68. The van der Waals surface area contributed by atoms with E-state index in [-0.39, 0.29) is 5.95 Å². The predicted molar refractivity (Wildman–Crippen MR) is 91.3 cm³/mol. The van der Waals surface area contributed by atoms with Crippen LogP contribution in [0.3, 0.4) is 0 Å². The van der Waals surface area contributed by atoms with Crippen LogP contribution < -0.4 is 16.8 Å². The summed E-state index contributed by atoms with van der Waals surface area (Å²) >= 11 is 11.9. The largest absolute Gasteiger partial charge is 0.385 e. The Bertz CT molecular complexity index is 705. The topological polar surface area (TPSA) is 89.8 Å². The van der Waals surface area contributed by atoms with Crippen LogP contribution in [0.4, 0.5) is 17.5 Å². The summed E-state index contributed by atoms with van der Waals surface area (Å²) in [7, 11) is 0. The summed E-state index contributed by atoms with van der Waals surface area (Å²) in [4.78, 5) is 8.34. The van der Waals surface area contributed by atoms with Gasteiger partial charge in [0.2, 0.25) is 5.95 Å². The van der Waals surface area contributed by atoms with Crippen molar-refractivity contribution in [3.8, 4) is 0 Å². The van der Waals surface area contributed by atoms with Crippen molar-refractivity contribution in [3.05, 3.63) is 39.5 Å². The number of anilines is 3. The van der Waals surface area contributed by atoms with Crippen LogP contribution >= 0.6 is 23.2 Å². The number of fused-ring (bicyclic) bond motifs is 1. The summed E-state index contributed by atoms with van der Waals surface area (Å²) in [6.07, 6.45) is 2.77. The molecule has 3 rings (SSSR count). The van der Waals surface area contributed by atoms with Gasteiger partial charge in [-0.05, 0) is 43.4 Å². The second kappa shape index (κ2) is 6.18. The van der Waals surface area contributed by atoms with Crippen molar-refractivity contribution in [3.63, 3.8) is 0 Å². The number of nitrogen functional groups attached to an aromatic ring is 2. The van der Waals surface area contributed by atoms with Crippen molar-refractivity contribution < 1.29 is 0 Å². The Morgan fingerprint density at radius 2 is 2.00 bits per heavy atom. The van der Waals surface area contributed by atoms with Gasteiger partial charge >= 0.3 is 0 Å². The fourth-order valence-corrected chi connectivity index (χ4v) is 3.07. The number of nitrogens with two attached hydrogens (primary N) is 2. The van der Waals surface area contributed by atoms with Crippen molar-refractivity contribution in [2.24, 2.45) is 5.92 Å². The van der Waals surface area contributed by atoms with Crippen LogP contribution in [0.25, 0.3) is 0 Å². The van der Waals surface area contributed by atoms with Gasteiger partial charge in [0.25, 0.3) is 0 Å². The van der Waals surface area contributed by atoms with Crippen LogP contribution in [0.5, 0.6) is 0 Å².